The first-order chi connectivity index (χ1) is 7.63. The molecule has 0 aromatic heterocycles. The summed E-state index contributed by atoms with van der Waals surface area (Å²) in [4.78, 5) is 11.2. The summed E-state index contributed by atoms with van der Waals surface area (Å²) < 4.78 is 11.5. The molecule has 2 atom stereocenters. The first-order valence-electron chi connectivity index (χ1n) is 6.18. The third-order valence-electron chi connectivity index (χ3n) is 3.70. The fourth-order valence-electron chi connectivity index (χ4n) is 1.54. The average Bonchev–Trinajstić information content (AvgIpc) is 2.15. The van der Waals surface area contributed by atoms with Crippen molar-refractivity contribution in [1.82, 2.24) is 0 Å². The van der Waals surface area contributed by atoms with E-state index in [2.05, 4.69) is 33.9 Å². The Hall–Kier alpha value is -0.613. The number of esters is 1. The molecular weight excluding hydrogens is 232 g/mol. The standard InChI is InChI=1S/C13H24O3Si/c1-10(11-8-7-9-12(14)15-11)16-17(5,6)13(2,3)4/h7,9-11H,8H2,1-6H3/t10-,11+/m1/s1. The largest absolute Gasteiger partial charge is 0.456 e. The molecule has 0 radical (unpaired) electrons. The van der Waals surface area contributed by atoms with Gasteiger partial charge in [-0.15, -0.1) is 0 Å². The quantitative estimate of drug-likeness (QED) is 0.574. The van der Waals surface area contributed by atoms with Crippen LogP contribution in [0.1, 0.15) is 34.1 Å². The Morgan fingerprint density at radius 1 is 1.47 bits per heavy atom. The summed E-state index contributed by atoms with van der Waals surface area (Å²) in [7, 11) is -1.79. The zero-order chi connectivity index (χ0) is 13.3. The molecular formula is C13H24O3Si. The SMILES string of the molecule is C[C@@H](O[Si](C)(C)C(C)(C)C)[C@@H]1CC=CC(=O)O1. The van der Waals surface area contributed by atoms with Gasteiger partial charge >= 0.3 is 5.97 Å². The van der Waals surface area contributed by atoms with Gasteiger partial charge in [0.05, 0.1) is 6.10 Å². The molecule has 0 N–H and O–H groups in total. The van der Waals surface area contributed by atoms with E-state index < -0.39 is 8.32 Å². The summed E-state index contributed by atoms with van der Waals surface area (Å²) in [5.74, 6) is -0.257. The van der Waals surface area contributed by atoms with E-state index in [1.165, 1.54) is 6.08 Å². The highest BCUT2D eigenvalue weighted by molar-refractivity contribution is 6.74. The van der Waals surface area contributed by atoms with Crippen LogP contribution >= 0.6 is 0 Å². The van der Waals surface area contributed by atoms with Crippen molar-refractivity contribution in [2.45, 2.75) is 64.5 Å². The second-order valence-electron chi connectivity index (χ2n) is 6.20. The summed E-state index contributed by atoms with van der Waals surface area (Å²) in [5.41, 5.74) is 0. The minimum Gasteiger partial charge on any atom is -0.456 e. The van der Waals surface area contributed by atoms with Gasteiger partial charge in [-0.1, -0.05) is 26.8 Å². The number of rotatable bonds is 3. The van der Waals surface area contributed by atoms with Crippen LogP contribution in [0.4, 0.5) is 0 Å². The van der Waals surface area contributed by atoms with Crippen LogP contribution in [0.25, 0.3) is 0 Å². The number of carbonyl (C=O) groups is 1. The van der Waals surface area contributed by atoms with Crippen LogP contribution in [0, 0.1) is 0 Å². The topological polar surface area (TPSA) is 35.5 Å². The molecule has 0 aliphatic carbocycles. The Kier molecular flexibility index (Phi) is 4.20. The predicted molar refractivity (Wildman–Crippen MR) is 71.4 cm³/mol. The smallest absolute Gasteiger partial charge is 0.330 e. The molecule has 3 nitrogen and oxygen atoms in total. The van der Waals surface area contributed by atoms with E-state index in [0.717, 1.165) is 6.42 Å². The summed E-state index contributed by atoms with van der Waals surface area (Å²) in [6.07, 6.45) is 3.92. The Labute approximate surface area is 105 Å². The van der Waals surface area contributed by atoms with E-state index in [9.17, 15) is 4.79 Å². The molecule has 1 aliphatic rings. The maximum atomic E-state index is 11.2. The second-order valence-corrected chi connectivity index (χ2v) is 11.0. The Morgan fingerprint density at radius 2 is 2.06 bits per heavy atom. The molecule has 17 heavy (non-hydrogen) atoms. The molecule has 1 rings (SSSR count). The maximum Gasteiger partial charge on any atom is 0.330 e. The van der Waals surface area contributed by atoms with Gasteiger partial charge < -0.3 is 9.16 Å². The predicted octanol–water partition coefficient (Wildman–Crippen LogP) is 3.27. The molecule has 98 valence electrons. The normalized spacial score (nSPS) is 23.4. The van der Waals surface area contributed by atoms with Gasteiger partial charge in [0.15, 0.2) is 8.32 Å². The van der Waals surface area contributed by atoms with Crippen LogP contribution in [0.15, 0.2) is 12.2 Å². The Balaban J connectivity index is 2.63. The van der Waals surface area contributed by atoms with Crippen molar-refractivity contribution in [3.05, 3.63) is 12.2 Å². The van der Waals surface area contributed by atoms with Crippen LogP contribution in [0.5, 0.6) is 0 Å². The fraction of sp³-hybridized carbons (Fsp3) is 0.769. The second kappa shape index (κ2) is 4.94. The molecule has 0 bridgehead atoms. The molecule has 1 aliphatic heterocycles. The molecule has 0 spiro atoms. The van der Waals surface area contributed by atoms with Crippen molar-refractivity contribution < 1.29 is 14.0 Å². The first kappa shape index (κ1) is 14.4. The molecule has 4 heteroatoms. The van der Waals surface area contributed by atoms with E-state index in [-0.39, 0.29) is 23.2 Å². The van der Waals surface area contributed by atoms with Crippen LogP contribution in [-0.2, 0) is 14.0 Å². The number of carbonyl (C=O) groups excluding carboxylic acids is 1. The summed E-state index contributed by atoms with van der Waals surface area (Å²) in [6.45, 7) is 13.0. The molecule has 0 aromatic carbocycles. The van der Waals surface area contributed by atoms with E-state index >= 15 is 0 Å². The summed E-state index contributed by atoms with van der Waals surface area (Å²) in [6, 6.07) is 0. The molecule has 0 amide bonds. The van der Waals surface area contributed by atoms with Gasteiger partial charge in [0.2, 0.25) is 0 Å². The highest BCUT2D eigenvalue weighted by atomic mass is 28.4. The molecule has 0 aromatic rings. The highest BCUT2D eigenvalue weighted by Gasteiger charge is 2.40. The van der Waals surface area contributed by atoms with Crippen LogP contribution < -0.4 is 0 Å². The van der Waals surface area contributed by atoms with Gasteiger partial charge in [-0.05, 0) is 25.1 Å². The number of hydrogen-bond donors (Lipinski definition) is 0. The zero-order valence-electron chi connectivity index (χ0n) is 11.7. The molecule has 0 saturated heterocycles. The van der Waals surface area contributed by atoms with Gasteiger partial charge in [-0.3, -0.25) is 0 Å². The zero-order valence-corrected chi connectivity index (χ0v) is 12.7. The Bertz CT molecular complexity index is 315. The van der Waals surface area contributed by atoms with Crippen molar-refractivity contribution >= 4 is 14.3 Å². The summed E-state index contributed by atoms with van der Waals surface area (Å²) in [5, 5.41) is 0.176. The van der Waals surface area contributed by atoms with E-state index in [0.29, 0.717) is 0 Å². The Morgan fingerprint density at radius 3 is 2.53 bits per heavy atom. The molecule has 0 saturated carbocycles. The lowest BCUT2D eigenvalue weighted by Gasteiger charge is -2.40. The van der Waals surface area contributed by atoms with Gasteiger partial charge in [0.25, 0.3) is 0 Å². The first-order valence-corrected chi connectivity index (χ1v) is 9.09. The van der Waals surface area contributed by atoms with Gasteiger partial charge in [0, 0.05) is 12.5 Å². The number of ether oxygens (including phenoxy) is 1. The minimum atomic E-state index is -1.79. The van der Waals surface area contributed by atoms with Crippen LogP contribution in [-0.4, -0.2) is 26.5 Å². The van der Waals surface area contributed by atoms with Gasteiger partial charge in [-0.25, -0.2) is 4.79 Å². The molecule has 0 unspecified atom stereocenters. The van der Waals surface area contributed by atoms with Crippen molar-refractivity contribution in [1.29, 1.82) is 0 Å². The number of hydrogen-bond acceptors (Lipinski definition) is 3. The van der Waals surface area contributed by atoms with Crippen LogP contribution in [0.2, 0.25) is 18.1 Å². The lowest BCUT2D eigenvalue weighted by molar-refractivity contribution is -0.148. The lowest BCUT2D eigenvalue weighted by Crippen LogP contribution is -2.47. The lowest BCUT2D eigenvalue weighted by atomic mass is 10.1. The highest BCUT2D eigenvalue weighted by Crippen LogP contribution is 2.38. The van der Waals surface area contributed by atoms with Gasteiger partial charge in [0.1, 0.15) is 6.10 Å². The fourth-order valence-corrected chi connectivity index (χ4v) is 2.97. The maximum absolute atomic E-state index is 11.2. The third-order valence-corrected chi connectivity index (χ3v) is 8.27. The summed E-state index contributed by atoms with van der Waals surface area (Å²) >= 11 is 0. The van der Waals surface area contributed by atoms with Gasteiger partial charge in [-0.2, -0.15) is 0 Å². The monoisotopic (exact) mass is 256 g/mol. The van der Waals surface area contributed by atoms with E-state index in [1.54, 1.807) is 0 Å². The van der Waals surface area contributed by atoms with Crippen molar-refractivity contribution in [2.24, 2.45) is 0 Å². The van der Waals surface area contributed by atoms with Crippen molar-refractivity contribution in [3.8, 4) is 0 Å². The van der Waals surface area contributed by atoms with E-state index in [4.69, 9.17) is 9.16 Å². The molecule has 1 heterocycles. The minimum absolute atomic E-state index is 0.0372. The average molecular weight is 256 g/mol. The third kappa shape index (κ3) is 3.68. The van der Waals surface area contributed by atoms with Crippen LogP contribution in [0.3, 0.4) is 0 Å². The van der Waals surface area contributed by atoms with Crippen molar-refractivity contribution in [2.75, 3.05) is 0 Å². The molecule has 0 fully saturated rings. The van der Waals surface area contributed by atoms with Crippen molar-refractivity contribution in [3.63, 3.8) is 0 Å². The van der Waals surface area contributed by atoms with E-state index in [1.807, 2.05) is 13.0 Å². The number of cyclic esters (lactones) is 1.